The normalized spacial score (nSPS) is 24.9. The van der Waals surface area contributed by atoms with Crippen LogP contribution in [0.1, 0.15) is 53.2 Å². The lowest BCUT2D eigenvalue weighted by atomic mass is 9.85. The first-order chi connectivity index (χ1) is 13.0. The maximum atomic E-state index is 12.9. The molecule has 4 rings (SSSR count). The summed E-state index contributed by atoms with van der Waals surface area (Å²) in [4.78, 5) is 19.2. The summed E-state index contributed by atoms with van der Waals surface area (Å²) in [6.45, 7) is 9.22. The van der Waals surface area contributed by atoms with Crippen molar-refractivity contribution in [3.63, 3.8) is 0 Å². The van der Waals surface area contributed by atoms with Crippen molar-refractivity contribution in [1.29, 1.82) is 0 Å². The standard InChI is InChI=1S/C21H30N2O3S/c1-15(2)3-8-22-10-6-21(7-11-22)19-16(5-12-26-21)13-18(27-19)20(25)23-9-4-17(24)14-23/h3,13,17,24H,4-12,14H2,1-2H3/t17-/m1/s1. The van der Waals surface area contributed by atoms with Crippen molar-refractivity contribution in [1.82, 2.24) is 9.80 Å². The Labute approximate surface area is 165 Å². The Bertz CT molecular complexity index is 730. The van der Waals surface area contributed by atoms with Crippen LogP contribution in [-0.2, 0) is 16.8 Å². The molecule has 1 aromatic heterocycles. The second-order valence-corrected chi connectivity index (χ2v) is 9.39. The average molecular weight is 391 g/mol. The van der Waals surface area contributed by atoms with Crippen LogP contribution < -0.4 is 0 Å². The first-order valence-corrected chi connectivity index (χ1v) is 10.9. The molecule has 1 N–H and O–H groups in total. The molecule has 0 saturated carbocycles. The molecule has 4 heterocycles. The van der Waals surface area contributed by atoms with Crippen molar-refractivity contribution >= 4 is 17.2 Å². The molecule has 0 radical (unpaired) electrons. The van der Waals surface area contributed by atoms with E-state index >= 15 is 0 Å². The fraction of sp³-hybridized carbons (Fsp3) is 0.667. The van der Waals surface area contributed by atoms with Gasteiger partial charge in [-0.2, -0.15) is 0 Å². The largest absolute Gasteiger partial charge is 0.391 e. The number of hydrogen-bond donors (Lipinski definition) is 1. The molecule has 3 aliphatic heterocycles. The lowest BCUT2D eigenvalue weighted by molar-refractivity contribution is -0.0938. The zero-order valence-electron chi connectivity index (χ0n) is 16.4. The Hall–Kier alpha value is -1.21. The monoisotopic (exact) mass is 390 g/mol. The minimum atomic E-state index is -0.372. The van der Waals surface area contributed by atoms with Crippen molar-refractivity contribution < 1.29 is 14.6 Å². The molecule has 1 aromatic rings. The van der Waals surface area contributed by atoms with E-state index < -0.39 is 0 Å². The molecule has 0 aliphatic carbocycles. The summed E-state index contributed by atoms with van der Waals surface area (Å²) in [7, 11) is 0. The van der Waals surface area contributed by atoms with E-state index in [0.717, 1.165) is 50.4 Å². The van der Waals surface area contributed by atoms with E-state index in [1.807, 2.05) is 0 Å². The Morgan fingerprint density at radius 1 is 1.37 bits per heavy atom. The minimum absolute atomic E-state index is 0.0714. The summed E-state index contributed by atoms with van der Waals surface area (Å²) in [5.41, 5.74) is 2.45. The maximum absolute atomic E-state index is 12.9. The SMILES string of the molecule is CC(C)=CCN1CCC2(CC1)OCCc1cc(C(=O)N3CC[C@@H](O)C3)sc12. The number of fused-ring (bicyclic) bond motifs is 2. The van der Waals surface area contributed by atoms with E-state index in [0.29, 0.717) is 19.5 Å². The molecule has 2 saturated heterocycles. The van der Waals surface area contributed by atoms with Gasteiger partial charge in [0.05, 0.1) is 17.6 Å². The summed E-state index contributed by atoms with van der Waals surface area (Å²) >= 11 is 1.63. The maximum Gasteiger partial charge on any atom is 0.264 e. The van der Waals surface area contributed by atoms with Gasteiger partial charge >= 0.3 is 0 Å². The number of likely N-dealkylation sites (tertiary alicyclic amines) is 2. The first kappa shape index (κ1) is 19.1. The number of nitrogens with zero attached hydrogens (tertiary/aromatic N) is 2. The second kappa shape index (κ2) is 7.66. The van der Waals surface area contributed by atoms with Crippen molar-refractivity contribution in [2.24, 2.45) is 0 Å². The van der Waals surface area contributed by atoms with Crippen LogP contribution in [-0.4, -0.2) is 66.2 Å². The molecule has 1 amide bonds. The van der Waals surface area contributed by atoms with Gasteiger partial charge in [0.25, 0.3) is 5.91 Å². The van der Waals surface area contributed by atoms with Gasteiger partial charge in [-0.05, 0) is 51.2 Å². The fourth-order valence-corrected chi connectivity index (χ4v) is 5.77. The lowest BCUT2D eigenvalue weighted by Gasteiger charge is -2.43. The lowest BCUT2D eigenvalue weighted by Crippen LogP contribution is -2.46. The number of thiophene rings is 1. The van der Waals surface area contributed by atoms with E-state index in [1.165, 1.54) is 16.0 Å². The summed E-state index contributed by atoms with van der Waals surface area (Å²) in [5.74, 6) is 0.0714. The van der Waals surface area contributed by atoms with Crippen LogP contribution in [0.15, 0.2) is 17.7 Å². The third-order valence-electron chi connectivity index (χ3n) is 6.06. The highest BCUT2D eigenvalue weighted by atomic mass is 32.1. The van der Waals surface area contributed by atoms with Gasteiger partial charge < -0.3 is 14.7 Å². The van der Waals surface area contributed by atoms with Gasteiger partial charge in [-0.15, -0.1) is 11.3 Å². The molecule has 148 valence electrons. The first-order valence-electron chi connectivity index (χ1n) is 10.1. The number of allylic oxidation sites excluding steroid dienone is 1. The second-order valence-electron chi connectivity index (χ2n) is 8.33. The summed E-state index contributed by atoms with van der Waals surface area (Å²) < 4.78 is 6.35. The zero-order valence-corrected chi connectivity index (χ0v) is 17.2. The van der Waals surface area contributed by atoms with Gasteiger partial charge in [-0.3, -0.25) is 9.69 Å². The van der Waals surface area contributed by atoms with Crippen LogP contribution in [0.25, 0.3) is 0 Å². The number of ether oxygens (including phenoxy) is 1. The number of piperidine rings is 1. The zero-order chi connectivity index (χ0) is 19.0. The van der Waals surface area contributed by atoms with Crippen molar-refractivity contribution in [2.45, 2.75) is 51.2 Å². The van der Waals surface area contributed by atoms with Crippen LogP contribution in [0.5, 0.6) is 0 Å². The van der Waals surface area contributed by atoms with E-state index in [4.69, 9.17) is 4.74 Å². The Morgan fingerprint density at radius 2 is 2.15 bits per heavy atom. The number of aliphatic hydroxyl groups is 1. The van der Waals surface area contributed by atoms with E-state index in [2.05, 4.69) is 30.9 Å². The highest BCUT2D eigenvalue weighted by Gasteiger charge is 2.43. The fourth-order valence-electron chi connectivity index (χ4n) is 4.39. The van der Waals surface area contributed by atoms with Crippen LogP contribution in [0.2, 0.25) is 0 Å². The molecule has 1 atom stereocenters. The minimum Gasteiger partial charge on any atom is -0.391 e. The predicted molar refractivity (Wildman–Crippen MR) is 107 cm³/mol. The summed E-state index contributed by atoms with van der Waals surface area (Å²) in [6.07, 6.45) is 5.48. The van der Waals surface area contributed by atoms with E-state index in [1.54, 1.807) is 16.2 Å². The van der Waals surface area contributed by atoms with Crippen LogP contribution in [0, 0.1) is 0 Å². The number of β-amino-alcohol motifs (C(OH)–C–C–N with tert-alkyl or cyclic N) is 1. The molecular weight excluding hydrogens is 360 g/mol. The molecule has 5 nitrogen and oxygen atoms in total. The van der Waals surface area contributed by atoms with Crippen LogP contribution in [0.4, 0.5) is 0 Å². The number of hydrogen-bond acceptors (Lipinski definition) is 5. The van der Waals surface area contributed by atoms with E-state index in [-0.39, 0.29) is 17.6 Å². The number of aliphatic hydroxyl groups excluding tert-OH is 1. The molecule has 0 unspecified atom stereocenters. The predicted octanol–water partition coefficient (Wildman–Crippen LogP) is 2.78. The molecule has 2 fully saturated rings. The van der Waals surface area contributed by atoms with Gasteiger partial charge in [-0.25, -0.2) is 0 Å². The Kier molecular flexibility index (Phi) is 5.43. The number of amides is 1. The molecule has 0 aromatic carbocycles. The summed E-state index contributed by atoms with van der Waals surface area (Å²) in [5, 5.41) is 9.74. The Morgan fingerprint density at radius 3 is 2.81 bits per heavy atom. The van der Waals surface area contributed by atoms with Gasteiger partial charge in [0.1, 0.15) is 5.60 Å². The van der Waals surface area contributed by atoms with Gasteiger partial charge in [0, 0.05) is 37.6 Å². The quantitative estimate of drug-likeness (QED) is 0.807. The van der Waals surface area contributed by atoms with Gasteiger partial charge in [0.15, 0.2) is 0 Å². The van der Waals surface area contributed by atoms with Gasteiger partial charge in [0.2, 0.25) is 0 Å². The highest BCUT2D eigenvalue weighted by molar-refractivity contribution is 7.14. The topological polar surface area (TPSA) is 53.0 Å². The smallest absolute Gasteiger partial charge is 0.264 e. The molecule has 3 aliphatic rings. The average Bonchev–Trinajstić information content (AvgIpc) is 3.28. The van der Waals surface area contributed by atoms with Crippen molar-refractivity contribution in [3.8, 4) is 0 Å². The molecule has 27 heavy (non-hydrogen) atoms. The van der Waals surface area contributed by atoms with Crippen LogP contribution in [0.3, 0.4) is 0 Å². The molecule has 1 spiro atoms. The highest BCUT2D eigenvalue weighted by Crippen LogP contribution is 2.45. The van der Waals surface area contributed by atoms with Gasteiger partial charge in [-0.1, -0.05) is 11.6 Å². The third-order valence-corrected chi connectivity index (χ3v) is 7.41. The van der Waals surface area contributed by atoms with Crippen LogP contribution >= 0.6 is 11.3 Å². The molecular formula is C21H30N2O3S. The number of rotatable bonds is 3. The third kappa shape index (κ3) is 3.86. The number of carbonyl (C=O) groups is 1. The number of carbonyl (C=O) groups excluding carboxylic acids is 1. The molecule has 0 bridgehead atoms. The van der Waals surface area contributed by atoms with Crippen molar-refractivity contribution in [3.05, 3.63) is 33.0 Å². The summed E-state index contributed by atoms with van der Waals surface area (Å²) in [6, 6.07) is 2.09. The van der Waals surface area contributed by atoms with Crippen molar-refractivity contribution in [2.75, 3.05) is 39.3 Å². The Balaban J connectivity index is 1.50. The molecule has 6 heteroatoms. The van der Waals surface area contributed by atoms with E-state index in [9.17, 15) is 9.90 Å².